The van der Waals surface area contributed by atoms with Crippen molar-refractivity contribution in [1.82, 2.24) is 15.5 Å². The molecule has 1 aliphatic heterocycles. The third kappa shape index (κ3) is 2.51. The lowest BCUT2D eigenvalue weighted by Gasteiger charge is -2.01. The van der Waals surface area contributed by atoms with Crippen LogP contribution < -0.4 is 5.32 Å². The first-order valence-electron chi connectivity index (χ1n) is 7.06. The molecule has 1 aromatic carbocycles. The van der Waals surface area contributed by atoms with Gasteiger partial charge in [0.1, 0.15) is 0 Å². The van der Waals surface area contributed by atoms with Crippen molar-refractivity contribution in [3.05, 3.63) is 41.8 Å². The molecule has 0 bridgehead atoms. The minimum atomic E-state index is 0.362. The molecule has 20 heavy (non-hydrogen) atoms. The first-order chi connectivity index (χ1) is 9.78. The molecule has 2 aromatic rings. The minimum absolute atomic E-state index is 0.362. The van der Waals surface area contributed by atoms with Crippen molar-refractivity contribution in [3.63, 3.8) is 0 Å². The second kappa shape index (κ2) is 5.59. The topological polar surface area (TPSA) is 51.0 Å². The Balaban J connectivity index is 1.82. The predicted molar refractivity (Wildman–Crippen MR) is 79.3 cm³/mol. The molecule has 0 saturated carbocycles. The average molecular weight is 269 g/mol. The predicted octanol–water partition coefficient (Wildman–Crippen LogP) is 3.24. The molecule has 0 amide bonds. The number of allylic oxidation sites excluding steroid dienone is 2. The Morgan fingerprint density at radius 3 is 2.80 bits per heavy atom. The minimum Gasteiger partial charge on any atom is -0.339 e. The molecule has 1 N–H and O–H groups in total. The molecule has 3 rings (SSSR count). The number of hydrogen-bond donors (Lipinski definition) is 1. The Bertz CT molecular complexity index is 607. The number of hydrogen-bond acceptors (Lipinski definition) is 4. The van der Waals surface area contributed by atoms with E-state index >= 15 is 0 Å². The summed E-state index contributed by atoms with van der Waals surface area (Å²) in [5.74, 6) is 1.79. The van der Waals surface area contributed by atoms with Crippen molar-refractivity contribution in [2.75, 3.05) is 13.1 Å². The second-order valence-electron chi connectivity index (χ2n) is 5.19. The fraction of sp³-hybridized carbons (Fsp3) is 0.375. The van der Waals surface area contributed by atoms with Crippen LogP contribution in [-0.4, -0.2) is 23.2 Å². The number of benzene rings is 1. The Morgan fingerprint density at radius 2 is 2.15 bits per heavy atom. The first kappa shape index (κ1) is 13.1. The third-order valence-electron chi connectivity index (χ3n) is 3.88. The van der Waals surface area contributed by atoms with Crippen molar-refractivity contribution in [2.24, 2.45) is 0 Å². The molecule has 2 heterocycles. The van der Waals surface area contributed by atoms with Crippen LogP contribution in [0.2, 0.25) is 0 Å². The summed E-state index contributed by atoms with van der Waals surface area (Å²) in [6, 6.07) is 8.28. The van der Waals surface area contributed by atoms with Crippen LogP contribution in [0.5, 0.6) is 0 Å². The third-order valence-corrected chi connectivity index (χ3v) is 3.88. The van der Waals surface area contributed by atoms with Crippen molar-refractivity contribution in [1.29, 1.82) is 0 Å². The summed E-state index contributed by atoms with van der Waals surface area (Å²) >= 11 is 0. The molecule has 1 aliphatic rings. The van der Waals surface area contributed by atoms with Gasteiger partial charge in [0.25, 0.3) is 0 Å². The average Bonchev–Trinajstić information content (AvgIpc) is 3.17. The quantitative estimate of drug-likeness (QED) is 0.929. The number of rotatable bonds is 3. The summed E-state index contributed by atoms with van der Waals surface area (Å²) < 4.78 is 5.39. The largest absolute Gasteiger partial charge is 0.339 e. The van der Waals surface area contributed by atoms with Crippen LogP contribution in [0.1, 0.15) is 37.6 Å². The highest BCUT2D eigenvalue weighted by Crippen LogP contribution is 2.24. The van der Waals surface area contributed by atoms with Crippen molar-refractivity contribution in [3.8, 4) is 11.4 Å². The number of nitrogens with one attached hydrogen (secondary N) is 1. The van der Waals surface area contributed by atoms with Gasteiger partial charge in [-0.15, -0.1) is 0 Å². The molecule has 4 heteroatoms. The zero-order valence-corrected chi connectivity index (χ0v) is 11.9. The summed E-state index contributed by atoms with van der Waals surface area (Å²) in [6.07, 6.45) is 3.18. The Labute approximate surface area is 118 Å². The SMILES string of the molecule is C/C=C(\C)c1ccc(-c2noc(C3CCNC3)n2)cc1. The Hall–Kier alpha value is -1.94. The van der Waals surface area contributed by atoms with Gasteiger partial charge in [-0.1, -0.05) is 35.5 Å². The number of nitrogens with zero attached hydrogens (tertiary/aromatic N) is 2. The van der Waals surface area contributed by atoms with Crippen LogP contribution in [0.15, 0.2) is 34.9 Å². The Morgan fingerprint density at radius 1 is 1.35 bits per heavy atom. The summed E-state index contributed by atoms with van der Waals surface area (Å²) in [4.78, 5) is 4.52. The van der Waals surface area contributed by atoms with Gasteiger partial charge in [-0.25, -0.2) is 0 Å². The molecule has 0 aliphatic carbocycles. The van der Waals surface area contributed by atoms with Gasteiger partial charge in [0.2, 0.25) is 11.7 Å². The molecule has 1 unspecified atom stereocenters. The van der Waals surface area contributed by atoms with Crippen LogP contribution in [0.25, 0.3) is 17.0 Å². The molecular formula is C16H19N3O. The summed E-state index contributed by atoms with van der Waals surface area (Å²) in [7, 11) is 0. The molecule has 1 atom stereocenters. The van der Waals surface area contributed by atoms with Gasteiger partial charge in [-0.05, 0) is 37.9 Å². The van der Waals surface area contributed by atoms with Gasteiger partial charge >= 0.3 is 0 Å². The summed E-state index contributed by atoms with van der Waals surface area (Å²) in [5.41, 5.74) is 3.49. The van der Waals surface area contributed by atoms with Crippen LogP contribution in [-0.2, 0) is 0 Å². The molecule has 0 radical (unpaired) electrons. The van der Waals surface area contributed by atoms with E-state index in [1.165, 1.54) is 11.1 Å². The van der Waals surface area contributed by atoms with Gasteiger partial charge < -0.3 is 9.84 Å². The van der Waals surface area contributed by atoms with E-state index < -0.39 is 0 Å². The van der Waals surface area contributed by atoms with Crippen LogP contribution in [0.4, 0.5) is 0 Å². The highest BCUT2D eigenvalue weighted by molar-refractivity contribution is 5.66. The molecular weight excluding hydrogens is 250 g/mol. The van der Waals surface area contributed by atoms with Gasteiger partial charge in [0.05, 0.1) is 5.92 Å². The normalized spacial score (nSPS) is 19.5. The molecule has 1 saturated heterocycles. The first-order valence-corrected chi connectivity index (χ1v) is 7.06. The Kier molecular flexibility index (Phi) is 3.65. The van der Waals surface area contributed by atoms with E-state index in [1.54, 1.807) is 0 Å². The maximum Gasteiger partial charge on any atom is 0.231 e. The van der Waals surface area contributed by atoms with E-state index in [9.17, 15) is 0 Å². The molecule has 0 spiro atoms. The maximum atomic E-state index is 5.39. The molecule has 104 valence electrons. The van der Waals surface area contributed by atoms with Crippen molar-refractivity contribution >= 4 is 5.57 Å². The van der Waals surface area contributed by atoms with Crippen LogP contribution in [0, 0.1) is 0 Å². The summed E-state index contributed by atoms with van der Waals surface area (Å²) in [5, 5.41) is 7.41. The van der Waals surface area contributed by atoms with E-state index in [4.69, 9.17) is 4.52 Å². The zero-order chi connectivity index (χ0) is 13.9. The standard InChI is InChI=1S/C16H19N3O/c1-3-11(2)12-4-6-13(7-5-12)15-18-16(20-19-15)14-8-9-17-10-14/h3-7,14,17H,8-10H2,1-2H3/b11-3+. The van der Waals surface area contributed by atoms with E-state index in [1.807, 2.05) is 19.1 Å². The molecule has 4 nitrogen and oxygen atoms in total. The lowest BCUT2D eigenvalue weighted by Crippen LogP contribution is -2.08. The monoisotopic (exact) mass is 269 g/mol. The van der Waals surface area contributed by atoms with E-state index in [2.05, 4.69) is 40.6 Å². The van der Waals surface area contributed by atoms with E-state index in [-0.39, 0.29) is 0 Å². The fourth-order valence-corrected chi connectivity index (χ4v) is 2.43. The van der Waals surface area contributed by atoms with Gasteiger partial charge in [0.15, 0.2) is 0 Å². The lowest BCUT2D eigenvalue weighted by molar-refractivity contribution is 0.359. The highest BCUT2D eigenvalue weighted by atomic mass is 16.5. The second-order valence-corrected chi connectivity index (χ2v) is 5.19. The smallest absolute Gasteiger partial charge is 0.231 e. The summed E-state index contributed by atoms with van der Waals surface area (Å²) in [6.45, 7) is 6.11. The van der Waals surface area contributed by atoms with E-state index in [0.717, 1.165) is 31.0 Å². The lowest BCUT2D eigenvalue weighted by atomic mass is 10.1. The van der Waals surface area contributed by atoms with Gasteiger partial charge in [-0.3, -0.25) is 0 Å². The fourth-order valence-electron chi connectivity index (χ4n) is 2.43. The maximum absolute atomic E-state index is 5.39. The van der Waals surface area contributed by atoms with Gasteiger partial charge in [0, 0.05) is 12.1 Å². The number of aromatic nitrogens is 2. The van der Waals surface area contributed by atoms with E-state index in [0.29, 0.717) is 11.7 Å². The van der Waals surface area contributed by atoms with Crippen molar-refractivity contribution in [2.45, 2.75) is 26.2 Å². The van der Waals surface area contributed by atoms with Crippen molar-refractivity contribution < 1.29 is 4.52 Å². The highest BCUT2D eigenvalue weighted by Gasteiger charge is 2.22. The van der Waals surface area contributed by atoms with Crippen LogP contribution in [0.3, 0.4) is 0 Å². The molecule has 1 aromatic heterocycles. The molecule has 1 fully saturated rings. The zero-order valence-electron chi connectivity index (χ0n) is 11.9. The van der Waals surface area contributed by atoms with Gasteiger partial charge in [-0.2, -0.15) is 4.98 Å². The van der Waals surface area contributed by atoms with Crippen LogP contribution >= 0.6 is 0 Å².